The smallest absolute Gasteiger partial charge is 0.227 e. The van der Waals surface area contributed by atoms with Crippen molar-refractivity contribution in [3.63, 3.8) is 0 Å². The minimum Gasteiger partial charge on any atom is -0.494 e. The molecule has 1 amide bonds. The van der Waals surface area contributed by atoms with Crippen LogP contribution in [0.1, 0.15) is 19.8 Å². The Labute approximate surface area is 141 Å². The predicted molar refractivity (Wildman–Crippen MR) is 92.4 cm³/mol. The zero-order valence-electron chi connectivity index (χ0n) is 13.0. The van der Waals surface area contributed by atoms with Crippen LogP contribution >= 0.6 is 11.6 Å². The lowest BCUT2D eigenvalue weighted by Crippen LogP contribution is -2.15. The van der Waals surface area contributed by atoms with Gasteiger partial charge in [-0.15, -0.1) is 0 Å². The summed E-state index contributed by atoms with van der Waals surface area (Å²) in [7, 11) is 0. The SMILES string of the molecule is CCCOc1ccc(NC(=O)CCOc2ccc(Cl)cc2)cc1. The number of ether oxygens (including phenoxy) is 2. The molecule has 0 fully saturated rings. The van der Waals surface area contributed by atoms with E-state index in [1.165, 1.54) is 0 Å². The minimum atomic E-state index is -0.0961. The molecule has 0 spiro atoms. The molecular formula is C18H20ClNO3. The molecule has 1 N–H and O–H groups in total. The highest BCUT2D eigenvalue weighted by molar-refractivity contribution is 6.30. The van der Waals surface area contributed by atoms with E-state index >= 15 is 0 Å². The van der Waals surface area contributed by atoms with E-state index in [4.69, 9.17) is 21.1 Å². The minimum absolute atomic E-state index is 0.0961. The van der Waals surface area contributed by atoms with Crippen LogP contribution in [0.25, 0.3) is 0 Å². The van der Waals surface area contributed by atoms with Crippen LogP contribution in [0, 0.1) is 0 Å². The zero-order chi connectivity index (χ0) is 16.5. The molecule has 4 nitrogen and oxygen atoms in total. The summed E-state index contributed by atoms with van der Waals surface area (Å²) in [4.78, 5) is 11.9. The van der Waals surface area contributed by atoms with E-state index < -0.39 is 0 Å². The fourth-order valence-corrected chi connectivity index (χ4v) is 2.00. The third-order valence-corrected chi connectivity index (χ3v) is 3.27. The van der Waals surface area contributed by atoms with Gasteiger partial charge in [-0.3, -0.25) is 4.79 Å². The Morgan fingerprint density at radius 2 is 1.52 bits per heavy atom. The molecule has 0 atom stereocenters. The fraction of sp³-hybridized carbons (Fsp3) is 0.278. The third-order valence-electron chi connectivity index (χ3n) is 3.02. The topological polar surface area (TPSA) is 47.6 Å². The van der Waals surface area contributed by atoms with E-state index in [1.807, 2.05) is 24.3 Å². The summed E-state index contributed by atoms with van der Waals surface area (Å²) in [5, 5.41) is 3.48. The molecule has 0 aliphatic rings. The van der Waals surface area contributed by atoms with Gasteiger partial charge in [0.1, 0.15) is 11.5 Å². The van der Waals surface area contributed by atoms with Crippen LogP contribution in [0.15, 0.2) is 48.5 Å². The number of amides is 1. The summed E-state index contributed by atoms with van der Waals surface area (Å²) in [5.41, 5.74) is 0.741. The van der Waals surface area contributed by atoms with Gasteiger partial charge in [0.2, 0.25) is 5.91 Å². The summed E-state index contributed by atoms with van der Waals surface area (Å²) in [5.74, 6) is 1.40. The molecule has 0 heterocycles. The van der Waals surface area contributed by atoms with Gasteiger partial charge in [-0.05, 0) is 55.0 Å². The van der Waals surface area contributed by atoms with Crippen LogP contribution in [-0.2, 0) is 4.79 Å². The van der Waals surface area contributed by atoms with Crippen molar-refractivity contribution >= 4 is 23.2 Å². The second-order valence-electron chi connectivity index (χ2n) is 4.97. The Bertz CT molecular complexity index is 611. The molecule has 2 aromatic rings. The van der Waals surface area contributed by atoms with Crippen LogP contribution in [0.4, 0.5) is 5.69 Å². The first-order chi connectivity index (χ1) is 11.2. The van der Waals surface area contributed by atoms with Crippen molar-refractivity contribution in [3.05, 3.63) is 53.6 Å². The number of carbonyl (C=O) groups is 1. The molecule has 0 unspecified atom stereocenters. The van der Waals surface area contributed by atoms with Crippen LogP contribution < -0.4 is 14.8 Å². The van der Waals surface area contributed by atoms with E-state index in [-0.39, 0.29) is 12.3 Å². The molecule has 0 aliphatic heterocycles. The first kappa shape index (κ1) is 17.2. The normalized spacial score (nSPS) is 10.2. The molecule has 122 valence electrons. The third kappa shape index (κ3) is 6.20. The number of hydrogen-bond donors (Lipinski definition) is 1. The second kappa shape index (κ2) is 9.06. The van der Waals surface area contributed by atoms with Crippen molar-refractivity contribution in [3.8, 4) is 11.5 Å². The van der Waals surface area contributed by atoms with Gasteiger partial charge in [0.25, 0.3) is 0 Å². The number of halogens is 1. The van der Waals surface area contributed by atoms with Crippen LogP contribution in [0.3, 0.4) is 0 Å². The Hall–Kier alpha value is -2.20. The average molecular weight is 334 g/mol. The first-order valence-corrected chi connectivity index (χ1v) is 7.96. The number of nitrogens with one attached hydrogen (secondary N) is 1. The quantitative estimate of drug-likeness (QED) is 0.771. The zero-order valence-corrected chi connectivity index (χ0v) is 13.8. The highest BCUT2D eigenvalue weighted by Gasteiger charge is 2.04. The maximum absolute atomic E-state index is 11.9. The molecular weight excluding hydrogens is 314 g/mol. The average Bonchev–Trinajstić information content (AvgIpc) is 2.56. The number of anilines is 1. The van der Waals surface area contributed by atoms with Gasteiger partial charge >= 0.3 is 0 Å². The summed E-state index contributed by atoms with van der Waals surface area (Å²) in [6, 6.07) is 14.4. The maximum atomic E-state index is 11.9. The van der Waals surface area contributed by atoms with E-state index in [2.05, 4.69) is 12.2 Å². The van der Waals surface area contributed by atoms with Crippen LogP contribution in [-0.4, -0.2) is 19.1 Å². The van der Waals surface area contributed by atoms with Crippen molar-refractivity contribution in [1.29, 1.82) is 0 Å². The van der Waals surface area contributed by atoms with Gasteiger partial charge in [-0.2, -0.15) is 0 Å². The second-order valence-corrected chi connectivity index (χ2v) is 5.41. The van der Waals surface area contributed by atoms with Gasteiger partial charge in [0, 0.05) is 10.7 Å². The summed E-state index contributed by atoms with van der Waals surface area (Å²) in [6.07, 6.45) is 1.24. The molecule has 5 heteroatoms. The molecule has 0 bridgehead atoms. The number of hydrogen-bond acceptors (Lipinski definition) is 3. The summed E-state index contributed by atoms with van der Waals surface area (Å²) < 4.78 is 11.0. The molecule has 0 radical (unpaired) electrons. The number of rotatable bonds is 8. The van der Waals surface area contributed by atoms with Crippen molar-refractivity contribution in [2.24, 2.45) is 0 Å². The molecule has 2 rings (SSSR count). The predicted octanol–water partition coefficient (Wildman–Crippen LogP) is 4.54. The molecule has 0 saturated heterocycles. The number of benzene rings is 2. The molecule has 0 aliphatic carbocycles. The molecule has 2 aromatic carbocycles. The monoisotopic (exact) mass is 333 g/mol. The van der Waals surface area contributed by atoms with Crippen molar-refractivity contribution < 1.29 is 14.3 Å². The van der Waals surface area contributed by atoms with Gasteiger partial charge in [0.05, 0.1) is 19.6 Å². The van der Waals surface area contributed by atoms with Crippen molar-refractivity contribution in [2.75, 3.05) is 18.5 Å². The van der Waals surface area contributed by atoms with Crippen LogP contribution in [0.2, 0.25) is 5.02 Å². The van der Waals surface area contributed by atoms with Gasteiger partial charge in [0.15, 0.2) is 0 Å². The highest BCUT2D eigenvalue weighted by atomic mass is 35.5. The maximum Gasteiger partial charge on any atom is 0.227 e. The molecule has 23 heavy (non-hydrogen) atoms. The number of carbonyl (C=O) groups excluding carboxylic acids is 1. The van der Waals surface area contributed by atoms with E-state index in [9.17, 15) is 4.79 Å². The lowest BCUT2D eigenvalue weighted by molar-refractivity contribution is -0.116. The Kier molecular flexibility index (Phi) is 6.76. The van der Waals surface area contributed by atoms with E-state index in [0.29, 0.717) is 24.0 Å². The van der Waals surface area contributed by atoms with Gasteiger partial charge in [-0.1, -0.05) is 18.5 Å². The standard InChI is InChI=1S/C18H20ClNO3/c1-2-12-22-17-9-5-15(6-10-17)20-18(21)11-13-23-16-7-3-14(19)4-8-16/h3-10H,2,11-13H2,1H3,(H,20,21). The lowest BCUT2D eigenvalue weighted by Gasteiger charge is -2.09. The van der Waals surface area contributed by atoms with Gasteiger partial charge < -0.3 is 14.8 Å². The van der Waals surface area contributed by atoms with E-state index in [0.717, 1.165) is 17.9 Å². The highest BCUT2D eigenvalue weighted by Crippen LogP contribution is 2.17. The molecule has 0 aromatic heterocycles. The van der Waals surface area contributed by atoms with Crippen molar-refractivity contribution in [1.82, 2.24) is 0 Å². The summed E-state index contributed by atoms with van der Waals surface area (Å²) >= 11 is 5.80. The van der Waals surface area contributed by atoms with Crippen LogP contribution in [0.5, 0.6) is 11.5 Å². The molecule has 0 saturated carbocycles. The largest absolute Gasteiger partial charge is 0.494 e. The van der Waals surface area contributed by atoms with Gasteiger partial charge in [-0.25, -0.2) is 0 Å². The lowest BCUT2D eigenvalue weighted by atomic mass is 10.3. The summed E-state index contributed by atoms with van der Waals surface area (Å²) in [6.45, 7) is 3.06. The van der Waals surface area contributed by atoms with Crippen molar-refractivity contribution in [2.45, 2.75) is 19.8 Å². The van der Waals surface area contributed by atoms with E-state index in [1.54, 1.807) is 24.3 Å². The Balaban J connectivity index is 1.72. The Morgan fingerprint density at radius 3 is 2.13 bits per heavy atom. The fourth-order valence-electron chi connectivity index (χ4n) is 1.87. The first-order valence-electron chi connectivity index (χ1n) is 7.58. The Morgan fingerprint density at radius 1 is 0.957 bits per heavy atom.